The highest BCUT2D eigenvalue weighted by Crippen LogP contribution is 2.20. The maximum absolute atomic E-state index is 11.2. The quantitative estimate of drug-likeness (QED) is 0.600. The molecule has 1 atom stereocenters. The summed E-state index contributed by atoms with van der Waals surface area (Å²) in [7, 11) is 0. The molecule has 1 fully saturated rings. The summed E-state index contributed by atoms with van der Waals surface area (Å²) in [6.07, 6.45) is 1.01. The van der Waals surface area contributed by atoms with Crippen molar-refractivity contribution in [2.24, 2.45) is 0 Å². The van der Waals surface area contributed by atoms with Crippen LogP contribution < -0.4 is 11.1 Å². The number of ketones is 1. The van der Waals surface area contributed by atoms with Crippen LogP contribution in [0.5, 0.6) is 0 Å². The Morgan fingerprint density at radius 1 is 1.56 bits per heavy atom. The minimum Gasteiger partial charge on any atom is -0.398 e. The van der Waals surface area contributed by atoms with Crippen LogP contribution in [0.15, 0.2) is 18.2 Å². The molecule has 2 rings (SSSR count). The van der Waals surface area contributed by atoms with Gasteiger partial charge in [0.15, 0.2) is 5.78 Å². The van der Waals surface area contributed by atoms with E-state index in [0.29, 0.717) is 17.3 Å². The normalized spacial score (nSPS) is 19.7. The molecule has 0 aliphatic carbocycles. The van der Waals surface area contributed by atoms with Gasteiger partial charge in [-0.15, -0.1) is 0 Å². The SMILES string of the molecule is CC(=O)c1ccc(NC2CCOC2)cc1N. The van der Waals surface area contributed by atoms with Gasteiger partial charge in [0.1, 0.15) is 0 Å². The second-order valence-corrected chi connectivity index (χ2v) is 4.06. The fourth-order valence-corrected chi connectivity index (χ4v) is 1.86. The molecule has 16 heavy (non-hydrogen) atoms. The predicted octanol–water partition coefficient (Wildman–Crippen LogP) is 1.67. The number of hydrogen-bond acceptors (Lipinski definition) is 4. The van der Waals surface area contributed by atoms with Gasteiger partial charge in [-0.25, -0.2) is 0 Å². The number of rotatable bonds is 3. The first kappa shape index (κ1) is 11.0. The molecular weight excluding hydrogens is 204 g/mol. The lowest BCUT2D eigenvalue weighted by atomic mass is 10.1. The highest BCUT2D eigenvalue weighted by molar-refractivity contribution is 5.99. The number of nitrogen functional groups attached to an aromatic ring is 1. The van der Waals surface area contributed by atoms with Crippen molar-refractivity contribution in [2.75, 3.05) is 24.3 Å². The van der Waals surface area contributed by atoms with E-state index in [9.17, 15) is 4.79 Å². The van der Waals surface area contributed by atoms with Gasteiger partial charge in [-0.05, 0) is 31.5 Å². The van der Waals surface area contributed by atoms with Crippen LogP contribution in [0.4, 0.5) is 11.4 Å². The van der Waals surface area contributed by atoms with Crippen molar-refractivity contribution >= 4 is 17.2 Å². The minimum atomic E-state index is -0.00625. The van der Waals surface area contributed by atoms with Crippen LogP contribution >= 0.6 is 0 Å². The summed E-state index contributed by atoms with van der Waals surface area (Å²) >= 11 is 0. The molecule has 1 aliphatic rings. The molecule has 86 valence electrons. The third-order valence-corrected chi connectivity index (χ3v) is 2.73. The van der Waals surface area contributed by atoms with Gasteiger partial charge >= 0.3 is 0 Å². The van der Waals surface area contributed by atoms with Gasteiger partial charge in [0.25, 0.3) is 0 Å². The van der Waals surface area contributed by atoms with Crippen molar-refractivity contribution in [3.05, 3.63) is 23.8 Å². The summed E-state index contributed by atoms with van der Waals surface area (Å²) in [4.78, 5) is 11.2. The van der Waals surface area contributed by atoms with E-state index in [4.69, 9.17) is 10.5 Å². The monoisotopic (exact) mass is 220 g/mol. The molecule has 1 aromatic rings. The summed E-state index contributed by atoms with van der Waals surface area (Å²) in [6.45, 7) is 3.05. The number of nitrogens with one attached hydrogen (secondary N) is 1. The number of carbonyl (C=O) groups is 1. The summed E-state index contributed by atoms with van der Waals surface area (Å²) in [5, 5.41) is 3.33. The highest BCUT2D eigenvalue weighted by atomic mass is 16.5. The van der Waals surface area contributed by atoms with Crippen LogP contribution in [-0.4, -0.2) is 25.0 Å². The number of benzene rings is 1. The lowest BCUT2D eigenvalue weighted by Crippen LogP contribution is -2.19. The van der Waals surface area contributed by atoms with Crippen LogP contribution in [0.1, 0.15) is 23.7 Å². The molecule has 1 saturated heterocycles. The Hall–Kier alpha value is -1.55. The summed E-state index contributed by atoms with van der Waals surface area (Å²) in [5.74, 6) is -0.00625. The number of nitrogens with two attached hydrogens (primary N) is 1. The molecule has 0 saturated carbocycles. The maximum atomic E-state index is 11.2. The molecule has 1 heterocycles. The zero-order valence-corrected chi connectivity index (χ0v) is 9.32. The Bertz CT molecular complexity index is 398. The molecule has 1 aromatic carbocycles. The van der Waals surface area contributed by atoms with E-state index in [-0.39, 0.29) is 5.78 Å². The number of carbonyl (C=O) groups excluding carboxylic acids is 1. The van der Waals surface area contributed by atoms with E-state index in [1.54, 1.807) is 12.1 Å². The Morgan fingerprint density at radius 3 is 2.94 bits per heavy atom. The topological polar surface area (TPSA) is 64.3 Å². The van der Waals surface area contributed by atoms with Crippen molar-refractivity contribution in [3.63, 3.8) is 0 Å². The van der Waals surface area contributed by atoms with Crippen LogP contribution in [0.3, 0.4) is 0 Å². The van der Waals surface area contributed by atoms with E-state index in [0.717, 1.165) is 25.3 Å². The molecule has 1 unspecified atom stereocenters. The van der Waals surface area contributed by atoms with E-state index in [1.165, 1.54) is 6.92 Å². The van der Waals surface area contributed by atoms with Gasteiger partial charge in [0.2, 0.25) is 0 Å². The molecule has 0 amide bonds. The smallest absolute Gasteiger partial charge is 0.161 e. The molecule has 0 radical (unpaired) electrons. The average Bonchev–Trinajstić information content (AvgIpc) is 2.70. The second kappa shape index (κ2) is 4.53. The lowest BCUT2D eigenvalue weighted by Gasteiger charge is -2.13. The Labute approximate surface area is 94.8 Å². The third kappa shape index (κ3) is 2.33. The third-order valence-electron chi connectivity index (χ3n) is 2.73. The number of ether oxygens (including phenoxy) is 1. The van der Waals surface area contributed by atoms with E-state index in [1.807, 2.05) is 6.07 Å². The van der Waals surface area contributed by atoms with Crippen LogP contribution in [0, 0.1) is 0 Å². The molecule has 1 aliphatic heterocycles. The predicted molar refractivity (Wildman–Crippen MR) is 63.7 cm³/mol. The zero-order chi connectivity index (χ0) is 11.5. The summed E-state index contributed by atoms with van der Waals surface area (Å²) in [5.41, 5.74) is 7.85. The number of Topliss-reactive ketones (excluding diaryl/α,β-unsaturated/α-hetero) is 1. The standard InChI is InChI=1S/C12H16N2O2/c1-8(15)11-3-2-9(6-12(11)13)14-10-4-5-16-7-10/h2-3,6,10,14H,4-5,7,13H2,1H3. The molecule has 0 aromatic heterocycles. The fourth-order valence-electron chi connectivity index (χ4n) is 1.86. The van der Waals surface area contributed by atoms with E-state index >= 15 is 0 Å². The van der Waals surface area contributed by atoms with Crippen molar-refractivity contribution in [2.45, 2.75) is 19.4 Å². The van der Waals surface area contributed by atoms with Gasteiger partial charge in [0.05, 0.1) is 12.6 Å². The van der Waals surface area contributed by atoms with E-state index < -0.39 is 0 Å². The Balaban J connectivity index is 2.11. The van der Waals surface area contributed by atoms with Gasteiger partial charge in [-0.1, -0.05) is 0 Å². The van der Waals surface area contributed by atoms with Gasteiger partial charge in [0, 0.05) is 23.5 Å². The molecule has 0 bridgehead atoms. The fraction of sp³-hybridized carbons (Fsp3) is 0.417. The zero-order valence-electron chi connectivity index (χ0n) is 9.32. The first-order chi connectivity index (χ1) is 7.66. The molecule has 4 nitrogen and oxygen atoms in total. The molecular formula is C12H16N2O2. The largest absolute Gasteiger partial charge is 0.398 e. The minimum absolute atomic E-state index is 0.00625. The van der Waals surface area contributed by atoms with Crippen molar-refractivity contribution in [1.82, 2.24) is 0 Å². The lowest BCUT2D eigenvalue weighted by molar-refractivity contribution is 0.101. The summed E-state index contributed by atoms with van der Waals surface area (Å²) in [6, 6.07) is 5.79. The molecule has 0 spiro atoms. The number of anilines is 2. The number of hydrogen-bond donors (Lipinski definition) is 2. The van der Waals surface area contributed by atoms with Gasteiger partial charge in [-0.3, -0.25) is 4.79 Å². The van der Waals surface area contributed by atoms with Gasteiger partial charge in [-0.2, -0.15) is 0 Å². The van der Waals surface area contributed by atoms with Crippen LogP contribution in [0.2, 0.25) is 0 Å². The average molecular weight is 220 g/mol. The Kier molecular flexibility index (Phi) is 3.10. The van der Waals surface area contributed by atoms with Crippen LogP contribution in [0.25, 0.3) is 0 Å². The van der Waals surface area contributed by atoms with E-state index in [2.05, 4.69) is 5.32 Å². The second-order valence-electron chi connectivity index (χ2n) is 4.06. The first-order valence-corrected chi connectivity index (χ1v) is 5.41. The first-order valence-electron chi connectivity index (χ1n) is 5.41. The molecule has 4 heteroatoms. The molecule has 3 N–H and O–H groups in total. The maximum Gasteiger partial charge on any atom is 0.161 e. The highest BCUT2D eigenvalue weighted by Gasteiger charge is 2.15. The van der Waals surface area contributed by atoms with Crippen LogP contribution in [-0.2, 0) is 4.74 Å². The van der Waals surface area contributed by atoms with Crippen molar-refractivity contribution in [1.29, 1.82) is 0 Å². The van der Waals surface area contributed by atoms with Crippen molar-refractivity contribution < 1.29 is 9.53 Å². The Morgan fingerprint density at radius 2 is 2.38 bits per heavy atom. The van der Waals surface area contributed by atoms with Gasteiger partial charge < -0.3 is 15.8 Å². The summed E-state index contributed by atoms with van der Waals surface area (Å²) < 4.78 is 5.27. The van der Waals surface area contributed by atoms with Crippen molar-refractivity contribution in [3.8, 4) is 0 Å².